The van der Waals surface area contributed by atoms with Crippen LogP contribution in [0.3, 0.4) is 0 Å². The van der Waals surface area contributed by atoms with Gasteiger partial charge >= 0.3 is 5.97 Å². The topological polar surface area (TPSA) is 167 Å². The molecule has 0 saturated heterocycles. The van der Waals surface area contributed by atoms with Crippen molar-refractivity contribution in [1.29, 1.82) is 0 Å². The fraction of sp³-hybridized carbons (Fsp3) is 0.0435. The van der Waals surface area contributed by atoms with Gasteiger partial charge in [0.2, 0.25) is 10.0 Å². The number of carbonyl (C=O) groups excluding carboxylic acids is 1. The number of primary sulfonamides is 1. The zero-order valence-electron chi connectivity index (χ0n) is 16.9. The number of hydrogen-bond donors (Lipinski definition) is 4. The molecule has 8 nitrogen and oxygen atoms in total. The smallest absolute Gasteiger partial charge is 0.307 e. The normalized spacial score (nSPS) is 11.5. The summed E-state index contributed by atoms with van der Waals surface area (Å²) >= 11 is 0. The summed E-state index contributed by atoms with van der Waals surface area (Å²) in [5, 5.41) is 14.1. The van der Waals surface area contributed by atoms with Crippen molar-refractivity contribution in [3.63, 3.8) is 0 Å². The van der Waals surface area contributed by atoms with E-state index in [4.69, 9.17) is 21.7 Å². The fourth-order valence-corrected chi connectivity index (χ4v) is 3.73. The van der Waals surface area contributed by atoms with Gasteiger partial charge in [-0.3, -0.25) is 9.59 Å². The van der Waals surface area contributed by atoms with Crippen LogP contribution >= 0.6 is 0 Å². The molecule has 0 atom stereocenters. The summed E-state index contributed by atoms with van der Waals surface area (Å²) in [5.41, 5.74) is 15.1. The average Bonchev–Trinajstić information content (AvgIpc) is 2.72. The second kappa shape index (κ2) is 9.04. The number of carboxylic acids is 1. The van der Waals surface area contributed by atoms with E-state index in [1.807, 2.05) is 6.07 Å². The molecule has 32 heavy (non-hydrogen) atoms. The van der Waals surface area contributed by atoms with Crippen LogP contribution < -0.4 is 16.6 Å². The molecule has 0 aliphatic carbocycles. The first-order valence-corrected chi connectivity index (χ1v) is 10.9. The van der Waals surface area contributed by atoms with E-state index in [0.717, 1.165) is 5.56 Å². The molecular formula is C23H21N3O5S. The summed E-state index contributed by atoms with van der Waals surface area (Å²) < 4.78 is 23.0. The van der Waals surface area contributed by atoms with Crippen molar-refractivity contribution >= 4 is 39.7 Å². The summed E-state index contributed by atoms with van der Waals surface area (Å²) in [6.07, 6.45) is 3.43. The molecule has 0 aliphatic rings. The number of amides is 1. The van der Waals surface area contributed by atoms with Gasteiger partial charge in [-0.15, -0.1) is 0 Å². The monoisotopic (exact) mass is 451 g/mol. The Morgan fingerprint density at radius 2 is 1.59 bits per heavy atom. The number of nitrogens with two attached hydrogens (primary N) is 3. The zero-order valence-corrected chi connectivity index (χ0v) is 17.7. The first kappa shape index (κ1) is 22.7. The van der Waals surface area contributed by atoms with Gasteiger partial charge in [0.05, 0.1) is 22.6 Å². The number of sulfonamides is 1. The Balaban J connectivity index is 2.03. The van der Waals surface area contributed by atoms with E-state index < -0.39 is 21.9 Å². The van der Waals surface area contributed by atoms with Crippen LogP contribution in [0.1, 0.15) is 27.0 Å². The lowest BCUT2D eigenvalue weighted by Crippen LogP contribution is -2.14. The molecular weight excluding hydrogens is 430 g/mol. The quantitative estimate of drug-likeness (QED) is 0.318. The number of anilines is 1. The van der Waals surface area contributed by atoms with E-state index in [1.165, 1.54) is 12.1 Å². The Kier molecular flexibility index (Phi) is 6.42. The van der Waals surface area contributed by atoms with Crippen LogP contribution in [-0.4, -0.2) is 25.4 Å². The first-order chi connectivity index (χ1) is 15.0. The van der Waals surface area contributed by atoms with Crippen LogP contribution in [0.2, 0.25) is 0 Å². The minimum atomic E-state index is -3.85. The number of carbonyl (C=O) groups is 2. The highest BCUT2D eigenvalue weighted by Gasteiger charge is 2.14. The standard InChI is InChI=1S/C23H21N3O5S/c24-22-19(17-6-8-18(9-7-17)32(26,30)31)11-16(12-20(22)23(25)29)5-4-14-2-1-3-15(10-14)13-21(27)28/h1-12H,13,24H2,(H2,25,29)(H,27,28)(H2,26,30,31). The number of nitrogen functional groups attached to an aromatic ring is 1. The van der Waals surface area contributed by atoms with Crippen LogP contribution in [0.4, 0.5) is 5.69 Å². The molecule has 3 aromatic rings. The Hall–Kier alpha value is -3.95. The minimum absolute atomic E-state index is 0.0489. The van der Waals surface area contributed by atoms with Gasteiger partial charge in [0, 0.05) is 5.56 Å². The summed E-state index contributed by atoms with van der Waals surface area (Å²) in [5.74, 6) is -1.63. The molecule has 164 valence electrons. The molecule has 0 aliphatic heterocycles. The number of benzene rings is 3. The van der Waals surface area contributed by atoms with Gasteiger partial charge < -0.3 is 16.6 Å². The van der Waals surface area contributed by atoms with E-state index >= 15 is 0 Å². The molecule has 0 bridgehead atoms. The predicted octanol–water partition coefficient (Wildman–Crippen LogP) is 2.48. The van der Waals surface area contributed by atoms with Gasteiger partial charge in [-0.25, -0.2) is 13.6 Å². The van der Waals surface area contributed by atoms with Gasteiger partial charge in [0.25, 0.3) is 5.91 Å². The van der Waals surface area contributed by atoms with Crippen molar-refractivity contribution in [2.24, 2.45) is 10.9 Å². The zero-order chi connectivity index (χ0) is 23.5. The van der Waals surface area contributed by atoms with Crippen molar-refractivity contribution in [1.82, 2.24) is 0 Å². The first-order valence-electron chi connectivity index (χ1n) is 9.40. The third kappa shape index (κ3) is 5.39. The maximum Gasteiger partial charge on any atom is 0.307 e. The highest BCUT2D eigenvalue weighted by molar-refractivity contribution is 7.89. The van der Waals surface area contributed by atoms with Crippen molar-refractivity contribution < 1.29 is 23.1 Å². The molecule has 0 unspecified atom stereocenters. The van der Waals surface area contributed by atoms with Crippen LogP contribution in [0.5, 0.6) is 0 Å². The lowest BCUT2D eigenvalue weighted by atomic mass is 9.96. The Morgan fingerprint density at radius 1 is 0.938 bits per heavy atom. The molecule has 0 spiro atoms. The van der Waals surface area contributed by atoms with Gasteiger partial charge in [-0.2, -0.15) is 0 Å². The number of hydrogen-bond acceptors (Lipinski definition) is 5. The lowest BCUT2D eigenvalue weighted by molar-refractivity contribution is -0.136. The van der Waals surface area contributed by atoms with Crippen LogP contribution in [0.15, 0.2) is 65.6 Å². The number of rotatable bonds is 7. The van der Waals surface area contributed by atoms with E-state index in [-0.39, 0.29) is 22.6 Å². The summed E-state index contributed by atoms with van der Waals surface area (Å²) in [6, 6.07) is 16.1. The largest absolute Gasteiger partial charge is 0.481 e. The molecule has 7 N–H and O–H groups in total. The SMILES string of the molecule is NC(=O)c1cc(C=Cc2cccc(CC(=O)O)c2)cc(-c2ccc(S(N)(=O)=O)cc2)c1N. The molecule has 1 amide bonds. The van der Waals surface area contributed by atoms with E-state index in [9.17, 15) is 18.0 Å². The molecule has 9 heteroatoms. The maximum atomic E-state index is 11.9. The van der Waals surface area contributed by atoms with Gasteiger partial charge in [-0.1, -0.05) is 48.6 Å². The Labute approximate surface area is 185 Å². The molecule has 0 radical (unpaired) electrons. The summed E-state index contributed by atoms with van der Waals surface area (Å²) in [7, 11) is -3.85. The van der Waals surface area contributed by atoms with E-state index in [1.54, 1.807) is 54.6 Å². The third-order valence-electron chi connectivity index (χ3n) is 4.74. The number of primary amides is 1. The van der Waals surface area contributed by atoms with Crippen LogP contribution in [0.25, 0.3) is 23.3 Å². The molecule has 3 aromatic carbocycles. The van der Waals surface area contributed by atoms with Gasteiger partial charge in [-0.05, 0) is 46.5 Å². The second-order valence-electron chi connectivity index (χ2n) is 7.11. The molecule has 0 saturated carbocycles. The summed E-state index contributed by atoms with van der Waals surface area (Å²) in [4.78, 5) is 22.8. The fourth-order valence-electron chi connectivity index (χ4n) is 3.21. The molecule has 0 heterocycles. The lowest BCUT2D eigenvalue weighted by Gasteiger charge is -2.12. The highest BCUT2D eigenvalue weighted by Crippen LogP contribution is 2.31. The molecule has 0 aromatic heterocycles. The number of aliphatic carboxylic acids is 1. The van der Waals surface area contributed by atoms with Crippen LogP contribution in [-0.2, 0) is 21.2 Å². The Bertz CT molecular complexity index is 1330. The minimum Gasteiger partial charge on any atom is -0.481 e. The summed E-state index contributed by atoms with van der Waals surface area (Å²) in [6.45, 7) is 0. The van der Waals surface area contributed by atoms with Crippen LogP contribution in [0, 0.1) is 0 Å². The number of carboxylic acid groups (broad SMARTS) is 1. The highest BCUT2D eigenvalue weighted by atomic mass is 32.2. The predicted molar refractivity (Wildman–Crippen MR) is 123 cm³/mol. The van der Waals surface area contributed by atoms with E-state index in [2.05, 4.69) is 0 Å². The van der Waals surface area contributed by atoms with Crippen molar-refractivity contribution in [2.75, 3.05) is 5.73 Å². The van der Waals surface area contributed by atoms with E-state index in [0.29, 0.717) is 22.3 Å². The van der Waals surface area contributed by atoms with Crippen molar-refractivity contribution in [3.8, 4) is 11.1 Å². The average molecular weight is 452 g/mol. The maximum absolute atomic E-state index is 11.9. The molecule has 3 rings (SSSR count). The molecule has 0 fully saturated rings. The Morgan fingerprint density at radius 3 is 2.19 bits per heavy atom. The van der Waals surface area contributed by atoms with Crippen molar-refractivity contribution in [3.05, 3.63) is 82.9 Å². The third-order valence-corrected chi connectivity index (χ3v) is 5.67. The van der Waals surface area contributed by atoms with Gasteiger partial charge in [0.1, 0.15) is 0 Å². The van der Waals surface area contributed by atoms with Gasteiger partial charge in [0.15, 0.2) is 0 Å². The van der Waals surface area contributed by atoms with Crippen molar-refractivity contribution in [2.45, 2.75) is 11.3 Å². The second-order valence-corrected chi connectivity index (χ2v) is 8.67.